The van der Waals surface area contributed by atoms with E-state index in [9.17, 15) is 13.2 Å². The third-order valence-corrected chi connectivity index (χ3v) is 3.36. The van der Waals surface area contributed by atoms with Crippen molar-refractivity contribution in [3.05, 3.63) is 71.8 Å². The molecule has 1 heterocycles. The van der Waals surface area contributed by atoms with E-state index in [1.807, 2.05) is 30.3 Å². The SMILES string of the molecule is Cc1nncc(-c2c(F)cc(F)cc2F)c1-c1ccccc1. The molecule has 0 amide bonds. The van der Waals surface area contributed by atoms with E-state index in [1.54, 1.807) is 6.92 Å². The van der Waals surface area contributed by atoms with Crippen molar-refractivity contribution < 1.29 is 13.2 Å². The fraction of sp³-hybridized carbons (Fsp3) is 0.0588. The Bertz CT molecular complexity index is 810. The van der Waals surface area contributed by atoms with Gasteiger partial charge in [0, 0.05) is 23.3 Å². The normalized spacial score (nSPS) is 10.7. The van der Waals surface area contributed by atoms with Crippen molar-refractivity contribution in [1.82, 2.24) is 10.2 Å². The zero-order valence-electron chi connectivity index (χ0n) is 11.6. The van der Waals surface area contributed by atoms with E-state index < -0.39 is 17.5 Å². The highest BCUT2D eigenvalue weighted by molar-refractivity contribution is 5.84. The van der Waals surface area contributed by atoms with Gasteiger partial charge in [0.2, 0.25) is 0 Å². The molecule has 0 atom stereocenters. The number of nitrogens with zero attached hydrogens (tertiary/aromatic N) is 2. The number of halogens is 3. The van der Waals surface area contributed by atoms with Crippen molar-refractivity contribution in [2.75, 3.05) is 0 Å². The Labute approximate surface area is 125 Å². The summed E-state index contributed by atoms with van der Waals surface area (Å²) in [6.45, 7) is 1.71. The molecule has 3 rings (SSSR count). The van der Waals surface area contributed by atoms with Gasteiger partial charge >= 0.3 is 0 Å². The smallest absolute Gasteiger partial charge is 0.136 e. The topological polar surface area (TPSA) is 25.8 Å². The molecule has 2 aromatic carbocycles. The summed E-state index contributed by atoms with van der Waals surface area (Å²) in [5.41, 5.74) is 1.80. The third-order valence-electron chi connectivity index (χ3n) is 3.36. The molecule has 0 saturated carbocycles. The van der Waals surface area contributed by atoms with Gasteiger partial charge < -0.3 is 0 Å². The molecule has 0 radical (unpaired) electrons. The standard InChI is InChI=1S/C17H11F3N2/c1-10-16(11-5-3-2-4-6-11)13(9-21-22-10)17-14(19)7-12(18)8-15(17)20/h2-9H,1H3. The lowest BCUT2D eigenvalue weighted by Gasteiger charge is -2.13. The van der Waals surface area contributed by atoms with Crippen LogP contribution in [0, 0.1) is 24.4 Å². The molecule has 110 valence electrons. The average molecular weight is 300 g/mol. The van der Waals surface area contributed by atoms with Gasteiger partial charge in [0.1, 0.15) is 17.5 Å². The van der Waals surface area contributed by atoms with Crippen LogP contribution in [0.4, 0.5) is 13.2 Å². The molecule has 0 aliphatic carbocycles. The zero-order chi connectivity index (χ0) is 15.7. The Morgan fingerprint density at radius 2 is 1.50 bits per heavy atom. The first kappa shape index (κ1) is 14.3. The van der Waals surface area contributed by atoms with Gasteiger partial charge in [-0.1, -0.05) is 30.3 Å². The molecule has 5 heteroatoms. The summed E-state index contributed by atoms with van der Waals surface area (Å²) in [7, 11) is 0. The van der Waals surface area contributed by atoms with E-state index in [4.69, 9.17) is 0 Å². The summed E-state index contributed by atoms with van der Waals surface area (Å²) < 4.78 is 41.3. The minimum atomic E-state index is -0.970. The summed E-state index contributed by atoms with van der Waals surface area (Å²) in [4.78, 5) is 0. The zero-order valence-corrected chi connectivity index (χ0v) is 11.6. The maximum Gasteiger partial charge on any atom is 0.136 e. The summed E-state index contributed by atoms with van der Waals surface area (Å²) in [6, 6.07) is 10.4. The largest absolute Gasteiger partial charge is 0.207 e. The lowest BCUT2D eigenvalue weighted by molar-refractivity contribution is 0.548. The second kappa shape index (κ2) is 5.60. The van der Waals surface area contributed by atoms with Crippen LogP contribution in [0.15, 0.2) is 48.7 Å². The predicted octanol–water partition coefficient (Wildman–Crippen LogP) is 4.54. The first-order valence-corrected chi connectivity index (χ1v) is 6.60. The molecule has 0 unspecified atom stereocenters. The molecule has 1 aromatic heterocycles. The highest BCUT2D eigenvalue weighted by Crippen LogP contribution is 2.36. The number of aryl methyl sites for hydroxylation is 1. The van der Waals surface area contributed by atoms with Crippen LogP contribution in [0.25, 0.3) is 22.3 Å². The minimum absolute atomic E-state index is 0.244. The Hall–Kier alpha value is -2.69. The number of hydrogen-bond donors (Lipinski definition) is 0. The summed E-state index contributed by atoms with van der Waals surface area (Å²) in [5, 5.41) is 7.72. The lowest BCUT2D eigenvalue weighted by Crippen LogP contribution is -1.99. The highest BCUT2D eigenvalue weighted by Gasteiger charge is 2.19. The van der Waals surface area contributed by atoms with Crippen LogP contribution < -0.4 is 0 Å². The molecule has 0 spiro atoms. The molecule has 0 N–H and O–H groups in total. The third kappa shape index (κ3) is 2.45. The second-order valence-electron chi connectivity index (χ2n) is 4.83. The number of hydrogen-bond acceptors (Lipinski definition) is 2. The van der Waals surface area contributed by atoms with Crippen molar-refractivity contribution in [2.24, 2.45) is 0 Å². The van der Waals surface area contributed by atoms with Gasteiger partial charge in [0.15, 0.2) is 0 Å². The van der Waals surface area contributed by atoms with Gasteiger partial charge in [-0.3, -0.25) is 0 Å². The molecular formula is C17H11F3N2. The van der Waals surface area contributed by atoms with Crippen LogP contribution >= 0.6 is 0 Å². The van der Waals surface area contributed by atoms with Crippen molar-refractivity contribution in [2.45, 2.75) is 6.92 Å². The summed E-state index contributed by atoms with van der Waals surface area (Å²) in [5.74, 6) is -2.90. The van der Waals surface area contributed by atoms with Gasteiger partial charge in [-0.15, -0.1) is 0 Å². The molecule has 0 saturated heterocycles. The average Bonchev–Trinajstić information content (AvgIpc) is 2.47. The van der Waals surface area contributed by atoms with Gasteiger partial charge in [-0.05, 0) is 12.5 Å². The van der Waals surface area contributed by atoms with Gasteiger partial charge in [-0.2, -0.15) is 10.2 Å². The maximum absolute atomic E-state index is 14.1. The van der Waals surface area contributed by atoms with Crippen molar-refractivity contribution >= 4 is 0 Å². The fourth-order valence-electron chi connectivity index (χ4n) is 2.44. The van der Waals surface area contributed by atoms with E-state index >= 15 is 0 Å². The first-order chi connectivity index (χ1) is 10.6. The molecule has 22 heavy (non-hydrogen) atoms. The molecule has 0 fully saturated rings. The maximum atomic E-state index is 14.1. The van der Waals surface area contributed by atoms with Gasteiger partial charge in [-0.25, -0.2) is 13.2 Å². The lowest BCUT2D eigenvalue weighted by atomic mass is 9.94. The Morgan fingerprint density at radius 3 is 2.14 bits per heavy atom. The van der Waals surface area contributed by atoms with E-state index in [1.165, 1.54) is 6.20 Å². The summed E-state index contributed by atoms with van der Waals surface area (Å²) >= 11 is 0. The highest BCUT2D eigenvalue weighted by atomic mass is 19.1. The Kier molecular flexibility index (Phi) is 3.63. The first-order valence-electron chi connectivity index (χ1n) is 6.60. The van der Waals surface area contributed by atoms with E-state index in [0.717, 1.165) is 5.56 Å². The Balaban J connectivity index is 2.32. The molecular weight excluding hydrogens is 289 g/mol. The van der Waals surface area contributed by atoms with Gasteiger partial charge in [0.05, 0.1) is 17.5 Å². The van der Waals surface area contributed by atoms with E-state index in [-0.39, 0.29) is 11.1 Å². The quantitative estimate of drug-likeness (QED) is 0.694. The van der Waals surface area contributed by atoms with Crippen LogP contribution in [0.1, 0.15) is 5.69 Å². The van der Waals surface area contributed by atoms with E-state index in [0.29, 0.717) is 23.4 Å². The van der Waals surface area contributed by atoms with Crippen LogP contribution in [-0.4, -0.2) is 10.2 Å². The van der Waals surface area contributed by atoms with Crippen LogP contribution in [0.2, 0.25) is 0 Å². The molecule has 0 aliphatic rings. The van der Waals surface area contributed by atoms with Crippen molar-refractivity contribution in [3.8, 4) is 22.3 Å². The Morgan fingerprint density at radius 1 is 0.864 bits per heavy atom. The summed E-state index contributed by atoms with van der Waals surface area (Å²) in [6.07, 6.45) is 1.29. The number of benzene rings is 2. The van der Waals surface area contributed by atoms with Crippen LogP contribution in [0.5, 0.6) is 0 Å². The van der Waals surface area contributed by atoms with Crippen LogP contribution in [0.3, 0.4) is 0 Å². The molecule has 3 aromatic rings. The van der Waals surface area contributed by atoms with Crippen LogP contribution in [-0.2, 0) is 0 Å². The van der Waals surface area contributed by atoms with Gasteiger partial charge in [0.25, 0.3) is 0 Å². The predicted molar refractivity (Wildman–Crippen MR) is 77.5 cm³/mol. The number of rotatable bonds is 2. The van der Waals surface area contributed by atoms with Crippen molar-refractivity contribution in [1.29, 1.82) is 0 Å². The molecule has 0 aliphatic heterocycles. The molecule has 0 bridgehead atoms. The van der Waals surface area contributed by atoms with E-state index in [2.05, 4.69) is 10.2 Å². The number of aromatic nitrogens is 2. The molecule has 2 nitrogen and oxygen atoms in total. The monoisotopic (exact) mass is 300 g/mol. The van der Waals surface area contributed by atoms with Crippen molar-refractivity contribution in [3.63, 3.8) is 0 Å². The fourth-order valence-corrected chi connectivity index (χ4v) is 2.44. The minimum Gasteiger partial charge on any atom is -0.207 e. The second-order valence-corrected chi connectivity index (χ2v) is 4.83.